The third-order valence-electron chi connectivity index (χ3n) is 2.33. The molecular weight excluding hydrogens is 268 g/mol. The maximum Gasteiger partial charge on any atom is 0.253 e. The minimum atomic E-state index is -0.270. The van der Waals surface area contributed by atoms with Gasteiger partial charge in [-0.2, -0.15) is 5.10 Å². The van der Waals surface area contributed by atoms with E-state index in [4.69, 9.17) is 11.6 Å². The second-order valence-corrected chi connectivity index (χ2v) is 4.11. The van der Waals surface area contributed by atoms with E-state index < -0.39 is 0 Å². The SMILES string of the molecule is CCNc1ncc(C(=O)NCc2ncn[nH]2)cc1Cl. The Balaban J connectivity index is 2.01. The number of carbonyl (C=O) groups is 1. The first kappa shape index (κ1) is 13.3. The fourth-order valence-corrected chi connectivity index (χ4v) is 1.67. The predicted molar refractivity (Wildman–Crippen MR) is 71.0 cm³/mol. The topological polar surface area (TPSA) is 95.6 Å². The van der Waals surface area contributed by atoms with Gasteiger partial charge in [-0.05, 0) is 13.0 Å². The zero-order valence-electron chi connectivity index (χ0n) is 10.3. The molecule has 0 saturated heterocycles. The standard InChI is InChI=1S/C11H13ClN6O/c1-2-13-10-8(12)3-7(4-14-10)11(19)15-5-9-16-6-17-18-9/h3-4,6H,2,5H2,1H3,(H,13,14)(H,15,19)(H,16,17,18). The molecule has 2 aromatic rings. The summed E-state index contributed by atoms with van der Waals surface area (Å²) >= 11 is 6.02. The Bertz CT molecular complexity index is 556. The number of amides is 1. The highest BCUT2D eigenvalue weighted by Crippen LogP contribution is 2.19. The molecule has 0 spiro atoms. The van der Waals surface area contributed by atoms with Crippen molar-refractivity contribution in [1.29, 1.82) is 0 Å². The lowest BCUT2D eigenvalue weighted by molar-refractivity contribution is 0.0949. The number of carbonyl (C=O) groups excluding carboxylic acids is 1. The van der Waals surface area contributed by atoms with E-state index in [9.17, 15) is 4.79 Å². The number of nitrogens with one attached hydrogen (secondary N) is 3. The van der Waals surface area contributed by atoms with E-state index >= 15 is 0 Å². The number of aromatic nitrogens is 4. The summed E-state index contributed by atoms with van der Waals surface area (Å²) in [5.41, 5.74) is 0.395. The number of nitrogens with zero attached hydrogens (tertiary/aromatic N) is 3. The average molecular weight is 281 g/mol. The van der Waals surface area contributed by atoms with Gasteiger partial charge in [0.25, 0.3) is 5.91 Å². The van der Waals surface area contributed by atoms with Crippen LogP contribution in [0.5, 0.6) is 0 Å². The normalized spacial score (nSPS) is 10.2. The van der Waals surface area contributed by atoms with Gasteiger partial charge in [-0.1, -0.05) is 11.6 Å². The summed E-state index contributed by atoms with van der Waals surface area (Å²) in [6.07, 6.45) is 2.85. The average Bonchev–Trinajstić information content (AvgIpc) is 2.91. The van der Waals surface area contributed by atoms with E-state index in [1.165, 1.54) is 12.5 Å². The van der Waals surface area contributed by atoms with E-state index in [1.807, 2.05) is 6.92 Å². The highest BCUT2D eigenvalue weighted by molar-refractivity contribution is 6.33. The third kappa shape index (κ3) is 3.41. The lowest BCUT2D eigenvalue weighted by Gasteiger charge is -2.07. The lowest BCUT2D eigenvalue weighted by atomic mass is 10.2. The summed E-state index contributed by atoms with van der Waals surface area (Å²) in [6.45, 7) is 2.92. The number of rotatable bonds is 5. The Hall–Kier alpha value is -2.15. The molecule has 0 aliphatic heterocycles. The molecule has 2 aromatic heterocycles. The molecule has 8 heteroatoms. The lowest BCUT2D eigenvalue weighted by Crippen LogP contribution is -2.23. The van der Waals surface area contributed by atoms with Crippen LogP contribution in [-0.4, -0.2) is 32.6 Å². The summed E-state index contributed by atoms with van der Waals surface area (Å²) in [5, 5.41) is 12.4. The highest BCUT2D eigenvalue weighted by atomic mass is 35.5. The number of hydrogen-bond acceptors (Lipinski definition) is 5. The van der Waals surface area contributed by atoms with Crippen LogP contribution < -0.4 is 10.6 Å². The Morgan fingerprint density at radius 3 is 2.95 bits per heavy atom. The van der Waals surface area contributed by atoms with Gasteiger partial charge in [0.2, 0.25) is 0 Å². The smallest absolute Gasteiger partial charge is 0.253 e. The molecule has 0 bridgehead atoms. The zero-order chi connectivity index (χ0) is 13.7. The Labute approximate surface area is 114 Å². The van der Waals surface area contributed by atoms with Crippen molar-refractivity contribution in [2.24, 2.45) is 0 Å². The van der Waals surface area contributed by atoms with Crippen molar-refractivity contribution in [2.45, 2.75) is 13.5 Å². The first-order valence-electron chi connectivity index (χ1n) is 5.72. The molecule has 19 heavy (non-hydrogen) atoms. The van der Waals surface area contributed by atoms with Crippen LogP contribution in [0.1, 0.15) is 23.1 Å². The van der Waals surface area contributed by atoms with E-state index in [2.05, 4.69) is 30.8 Å². The minimum absolute atomic E-state index is 0.269. The fraction of sp³-hybridized carbons (Fsp3) is 0.273. The molecule has 2 heterocycles. The molecule has 0 unspecified atom stereocenters. The molecule has 0 aliphatic carbocycles. The van der Waals surface area contributed by atoms with Crippen molar-refractivity contribution < 1.29 is 4.79 Å². The number of aromatic amines is 1. The van der Waals surface area contributed by atoms with E-state index in [0.29, 0.717) is 28.8 Å². The fourth-order valence-electron chi connectivity index (χ4n) is 1.44. The third-order valence-corrected chi connectivity index (χ3v) is 2.62. The Morgan fingerprint density at radius 1 is 1.47 bits per heavy atom. The molecule has 0 atom stereocenters. The maximum atomic E-state index is 11.9. The summed E-state index contributed by atoms with van der Waals surface area (Å²) in [6, 6.07) is 1.57. The van der Waals surface area contributed by atoms with Crippen LogP contribution in [0.25, 0.3) is 0 Å². The van der Waals surface area contributed by atoms with Crippen LogP contribution in [0, 0.1) is 0 Å². The van der Waals surface area contributed by atoms with Crippen LogP contribution in [-0.2, 0) is 6.54 Å². The van der Waals surface area contributed by atoms with Gasteiger partial charge in [0.15, 0.2) is 0 Å². The van der Waals surface area contributed by atoms with Gasteiger partial charge < -0.3 is 10.6 Å². The number of pyridine rings is 1. The van der Waals surface area contributed by atoms with Gasteiger partial charge in [0, 0.05) is 12.7 Å². The highest BCUT2D eigenvalue weighted by Gasteiger charge is 2.10. The van der Waals surface area contributed by atoms with Crippen LogP contribution in [0.2, 0.25) is 5.02 Å². The molecule has 3 N–H and O–H groups in total. The monoisotopic (exact) mass is 280 g/mol. The predicted octanol–water partition coefficient (Wildman–Crippen LogP) is 1.21. The van der Waals surface area contributed by atoms with Gasteiger partial charge in [-0.25, -0.2) is 9.97 Å². The molecule has 0 saturated carbocycles. The van der Waals surface area contributed by atoms with Gasteiger partial charge in [0.05, 0.1) is 17.1 Å². The van der Waals surface area contributed by atoms with Crippen molar-refractivity contribution in [3.8, 4) is 0 Å². The number of anilines is 1. The maximum absolute atomic E-state index is 11.9. The quantitative estimate of drug-likeness (QED) is 0.765. The van der Waals surface area contributed by atoms with E-state index in [0.717, 1.165) is 0 Å². The second kappa shape index (κ2) is 6.14. The van der Waals surface area contributed by atoms with Crippen LogP contribution >= 0.6 is 11.6 Å². The molecule has 7 nitrogen and oxygen atoms in total. The largest absolute Gasteiger partial charge is 0.369 e. The van der Waals surface area contributed by atoms with Gasteiger partial charge in [-0.15, -0.1) is 0 Å². The molecule has 0 radical (unpaired) electrons. The zero-order valence-corrected chi connectivity index (χ0v) is 11.0. The van der Waals surface area contributed by atoms with E-state index in [1.54, 1.807) is 6.07 Å². The van der Waals surface area contributed by atoms with Crippen molar-refractivity contribution in [1.82, 2.24) is 25.5 Å². The van der Waals surface area contributed by atoms with Crippen LogP contribution in [0.15, 0.2) is 18.6 Å². The molecule has 100 valence electrons. The molecular formula is C11H13ClN6O. The van der Waals surface area contributed by atoms with E-state index in [-0.39, 0.29) is 12.5 Å². The molecule has 0 aliphatic rings. The summed E-state index contributed by atoms with van der Waals surface area (Å²) < 4.78 is 0. The van der Waals surface area contributed by atoms with Gasteiger partial charge >= 0.3 is 0 Å². The number of halogens is 1. The Morgan fingerprint density at radius 2 is 2.32 bits per heavy atom. The number of hydrogen-bond donors (Lipinski definition) is 3. The molecule has 2 rings (SSSR count). The first-order valence-corrected chi connectivity index (χ1v) is 6.10. The van der Waals surface area contributed by atoms with Gasteiger partial charge in [0.1, 0.15) is 18.0 Å². The first-order chi connectivity index (χ1) is 9.20. The minimum Gasteiger partial charge on any atom is -0.369 e. The van der Waals surface area contributed by atoms with Crippen molar-refractivity contribution in [2.75, 3.05) is 11.9 Å². The summed E-state index contributed by atoms with van der Waals surface area (Å²) in [4.78, 5) is 19.9. The molecule has 1 amide bonds. The summed E-state index contributed by atoms with van der Waals surface area (Å²) in [5.74, 6) is 0.876. The molecule has 0 aromatic carbocycles. The molecule has 0 fully saturated rings. The Kier molecular flexibility index (Phi) is 4.30. The second-order valence-electron chi connectivity index (χ2n) is 3.70. The summed E-state index contributed by atoms with van der Waals surface area (Å²) in [7, 11) is 0. The van der Waals surface area contributed by atoms with Crippen molar-refractivity contribution >= 4 is 23.3 Å². The van der Waals surface area contributed by atoms with Crippen molar-refractivity contribution in [3.05, 3.63) is 35.0 Å². The van der Waals surface area contributed by atoms with Gasteiger partial charge in [-0.3, -0.25) is 9.89 Å². The number of H-pyrrole nitrogens is 1. The van der Waals surface area contributed by atoms with Crippen LogP contribution in [0.4, 0.5) is 5.82 Å². The van der Waals surface area contributed by atoms with Crippen LogP contribution in [0.3, 0.4) is 0 Å². The van der Waals surface area contributed by atoms with Crippen molar-refractivity contribution in [3.63, 3.8) is 0 Å².